The van der Waals surface area contributed by atoms with E-state index in [4.69, 9.17) is 58.0 Å². The van der Waals surface area contributed by atoms with Crippen LogP contribution in [0.2, 0.25) is 0 Å². The van der Waals surface area contributed by atoms with Gasteiger partial charge in [0, 0.05) is 5.56 Å². The first-order valence-electron chi connectivity index (χ1n) is 4.68. The highest BCUT2D eigenvalue weighted by Crippen LogP contribution is 2.54. The molecule has 0 unspecified atom stereocenters. The van der Waals surface area contributed by atoms with E-state index in [1.807, 2.05) is 18.2 Å². The molecule has 0 amide bonds. The molecule has 0 fully saturated rings. The molecule has 89 valence electrons. The summed E-state index contributed by atoms with van der Waals surface area (Å²) >= 11 is 29.8. The predicted molar refractivity (Wildman–Crippen MR) is 76.5 cm³/mol. The summed E-state index contributed by atoms with van der Waals surface area (Å²) in [5.41, 5.74) is 0.527. The molecule has 0 N–H and O–H groups in total. The fraction of sp³-hybridized carbons (Fsp3) is 0.167. The quantitative estimate of drug-likeness (QED) is 0.595. The number of hydrogen-bond acceptors (Lipinski definition) is 0. The third-order valence-electron chi connectivity index (χ3n) is 2.39. The zero-order valence-electron chi connectivity index (χ0n) is 8.35. The van der Waals surface area contributed by atoms with Crippen molar-refractivity contribution in [1.29, 1.82) is 0 Å². The van der Waals surface area contributed by atoms with Crippen molar-refractivity contribution in [3.8, 4) is 0 Å². The molecule has 0 atom stereocenters. The first-order valence-corrected chi connectivity index (χ1v) is 6.57. The van der Waals surface area contributed by atoms with Gasteiger partial charge >= 0.3 is 0 Å². The van der Waals surface area contributed by atoms with Gasteiger partial charge in [-0.15, -0.1) is 0 Å². The fourth-order valence-corrected chi connectivity index (χ4v) is 2.19. The van der Waals surface area contributed by atoms with E-state index < -0.39 is 8.13 Å². The third kappa shape index (κ3) is 2.47. The standard InChI is InChI=1S/C12H6Cl5/c13-11(14,12(15,16)17)10-7-3-5-8-4-1-2-6-9(8)10/h1-5,7H. The van der Waals surface area contributed by atoms with E-state index in [0.29, 0.717) is 5.56 Å². The summed E-state index contributed by atoms with van der Waals surface area (Å²) in [4.78, 5) is 0. The molecule has 0 aliphatic carbocycles. The minimum Gasteiger partial charge on any atom is -0.0914 e. The van der Waals surface area contributed by atoms with E-state index in [1.165, 1.54) is 0 Å². The Kier molecular flexibility index (Phi) is 3.74. The Bertz CT molecular complexity index is 537. The Balaban J connectivity index is 2.72. The van der Waals surface area contributed by atoms with Crippen LogP contribution in [-0.4, -0.2) is 3.79 Å². The Hall–Kier alpha value is 0.150. The van der Waals surface area contributed by atoms with Crippen molar-refractivity contribution >= 4 is 68.8 Å². The van der Waals surface area contributed by atoms with Gasteiger partial charge in [0.2, 0.25) is 3.79 Å². The van der Waals surface area contributed by atoms with Crippen LogP contribution >= 0.6 is 58.0 Å². The lowest BCUT2D eigenvalue weighted by atomic mass is 10.0. The van der Waals surface area contributed by atoms with Crippen LogP contribution < -0.4 is 0 Å². The zero-order chi connectivity index (χ0) is 12.7. The molecular weight excluding hydrogens is 321 g/mol. The van der Waals surface area contributed by atoms with Crippen LogP contribution in [0, 0.1) is 6.07 Å². The smallest absolute Gasteiger partial charge is 0.0914 e. The zero-order valence-corrected chi connectivity index (χ0v) is 12.1. The SMILES string of the molecule is ClC(Cl)(Cl)C(Cl)(Cl)c1cccc2ccc[c]c12. The minimum atomic E-state index is -1.83. The summed E-state index contributed by atoms with van der Waals surface area (Å²) in [6.45, 7) is 0. The molecule has 0 spiro atoms. The van der Waals surface area contributed by atoms with Crippen molar-refractivity contribution in [3.63, 3.8) is 0 Å². The molecular formula is C12H6Cl5. The average Bonchev–Trinajstić information content (AvgIpc) is 2.26. The lowest BCUT2D eigenvalue weighted by Gasteiger charge is -2.28. The number of hydrogen-bond donors (Lipinski definition) is 0. The Labute approximate surface area is 124 Å². The third-order valence-corrected chi connectivity index (χ3v) is 4.80. The van der Waals surface area contributed by atoms with Gasteiger partial charge in [-0.2, -0.15) is 0 Å². The van der Waals surface area contributed by atoms with E-state index in [-0.39, 0.29) is 0 Å². The van der Waals surface area contributed by atoms with Crippen molar-refractivity contribution in [2.24, 2.45) is 0 Å². The van der Waals surface area contributed by atoms with Crippen LogP contribution in [0.5, 0.6) is 0 Å². The van der Waals surface area contributed by atoms with Gasteiger partial charge in [0.05, 0.1) is 0 Å². The summed E-state index contributed by atoms with van der Waals surface area (Å²) in [7, 11) is 0. The van der Waals surface area contributed by atoms with Crippen molar-refractivity contribution in [2.75, 3.05) is 0 Å². The van der Waals surface area contributed by atoms with E-state index in [2.05, 4.69) is 6.07 Å². The second-order valence-electron chi connectivity index (χ2n) is 3.51. The number of rotatable bonds is 1. The maximum Gasteiger partial charge on any atom is 0.227 e. The molecule has 0 aliphatic rings. The number of alkyl halides is 5. The molecule has 0 saturated heterocycles. The highest BCUT2D eigenvalue weighted by atomic mass is 35.6. The molecule has 17 heavy (non-hydrogen) atoms. The summed E-state index contributed by atoms with van der Waals surface area (Å²) < 4.78 is -3.46. The molecule has 0 nitrogen and oxygen atoms in total. The normalized spacial score (nSPS) is 13.0. The van der Waals surface area contributed by atoms with E-state index >= 15 is 0 Å². The Morgan fingerprint density at radius 3 is 2.18 bits per heavy atom. The summed E-state index contributed by atoms with van der Waals surface area (Å²) in [5, 5.41) is 1.68. The van der Waals surface area contributed by atoms with Gasteiger partial charge in [0.1, 0.15) is 0 Å². The predicted octanol–water partition coefficient (Wildman–Crippen LogP) is 5.64. The molecule has 2 rings (SSSR count). The maximum atomic E-state index is 6.17. The Morgan fingerprint density at radius 1 is 0.882 bits per heavy atom. The van der Waals surface area contributed by atoms with Crippen LogP contribution in [0.25, 0.3) is 10.8 Å². The molecule has 1 radical (unpaired) electrons. The van der Waals surface area contributed by atoms with E-state index in [0.717, 1.165) is 10.8 Å². The van der Waals surface area contributed by atoms with Crippen LogP contribution in [0.1, 0.15) is 5.56 Å². The summed E-state index contributed by atoms with van der Waals surface area (Å²) in [6, 6.07) is 14.0. The van der Waals surface area contributed by atoms with Crippen molar-refractivity contribution < 1.29 is 0 Å². The summed E-state index contributed by atoms with van der Waals surface area (Å²) in [6.07, 6.45) is 0. The molecule has 0 aromatic heterocycles. The first-order chi connectivity index (χ1) is 7.84. The maximum absolute atomic E-state index is 6.17. The second kappa shape index (κ2) is 4.68. The average molecular weight is 327 g/mol. The second-order valence-corrected chi connectivity index (χ2v) is 7.12. The van der Waals surface area contributed by atoms with Crippen molar-refractivity contribution in [1.82, 2.24) is 0 Å². The topological polar surface area (TPSA) is 0 Å². The molecule has 2 aromatic carbocycles. The fourth-order valence-electron chi connectivity index (χ4n) is 1.57. The van der Waals surface area contributed by atoms with Gasteiger partial charge in [0.25, 0.3) is 0 Å². The van der Waals surface area contributed by atoms with E-state index in [1.54, 1.807) is 18.2 Å². The lowest BCUT2D eigenvalue weighted by Crippen LogP contribution is -2.28. The van der Waals surface area contributed by atoms with Gasteiger partial charge in [0.15, 0.2) is 4.33 Å². The summed E-state index contributed by atoms with van der Waals surface area (Å²) in [5.74, 6) is 0. The van der Waals surface area contributed by atoms with Crippen LogP contribution in [0.3, 0.4) is 0 Å². The molecule has 0 aliphatic heterocycles. The highest BCUT2D eigenvalue weighted by molar-refractivity contribution is 6.75. The van der Waals surface area contributed by atoms with Crippen LogP contribution in [-0.2, 0) is 4.33 Å². The van der Waals surface area contributed by atoms with Crippen LogP contribution in [0.4, 0.5) is 0 Å². The van der Waals surface area contributed by atoms with Gasteiger partial charge < -0.3 is 0 Å². The molecule has 0 saturated carbocycles. The van der Waals surface area contributed by atoms with Crippen molar-refractivity contribution in [2.45, 2.75) is 8.13 Å². The van der Waals surface area contributed by atoms with Crippen molar-refractivity contribution in [3.05, 3.63) is 48.0 Å². The highest BCUT2D eigenvalue weighted by Gasteiger charge is 2.48. The molecule has 0 bridgehead atoms. The molecule has 5 heteroatoms. The molecule has 0 heterocycles. The molecule has 2 aromatic rings. The van der Waals surface area contributed by atoms with E-state index in [9.17, 15) is 0 Å². The number of benzene rings is 2. The van der Waals surface area contributed by atoms with Gasteiger partial charge in [-0.3, -0.25) is 0 Å². The Morgan fingerprint density at radius 2 is 1.53 bits per heavy atom. The number of fused-ring (bicyclic) bond motifs is 1. The lowest BCUT2D eigenvalue weighted by molar-refractivity contribution is 0.887. The largest absolute Gasteiger partial charge is 0.227 e. The first kappa shape index (κ1) is 13.6. The minimum absolute atomic E-state index is 0.527. The monoisotopic (exact) mass is 325 g/mol. The van der Waals surface area contributed by atoms with Gasteiger partial charge in [-0.1, -0.05) is 94.4 Å². The number of halogens is 5. The van der Waals surface area contributed by atoms with Crippen LogP contribution in [0.15, 0.2) is 36.4 Å². The van der Waals surface area contributed by atoms with Gasteiger partial charge in [-0.05, 0) is 16.8 Å². The van der Waals surface area contributed by atoms with Gasteiger partial charge in [-0.25, -0.2) is 0 Å².